The predicted octanol–water partition coefficient (Wildman–Crippen LogP) is 2.88. The lowest BCUT2D eigenvalue weighted by Crippen LogP contribution is -2.07. The number of nitrogens with zero attached hydrogens (tertiary/aromatic N) is 1. The number of hydrogen-bond donors (Lipinski definition) is 1. The molecule has 0 aliphatic rings. The summed E-state index contributed by atoms with van der Waals surface area (Å²) in [6.45, 7) is 1.55. The summed E-state index contributed by atoms with van der Waals surface area (Å²) in [5, 5.41) is 3.27. The minimum absolute atomic E-state index is 0.0222. The summed E-state index contributed by atoms with van der Waals surface area (Å²) < 4.78 is 18.1. The molecule has 2 aromatic rings. The number of carbonyl (C=O) groups excluding carboxylic acids is 2. The van der Waals surface area contributed by atoms with Gasteiger partial charge < -0.3 is 10.1 Å². The first-order chi connectivity index (χ1) is 10.0. The highest BCUT2D eigenvalue weighted by Gasteiger charge is 2.21. The standard InChI is InChI=1S/C14H13FN2O3S/c1-8(18)12-11(13(19)20-2)17-14(21-12)16-7-9-5-3-4-6-10(9)15/h3-6H,7H2,1-2H3,(H,16,17). The van der Waals surface area contributed by atoms with E-state index in [2.05, 4.69) is 15.0 Å². The number of ketones is 1. The van der Waals surface area contributed by atoms with Crippen LogP contribution in [0.25, 0.3) is 0 Å². The first kappa shape index (κ1) is 15.1. The van der Waals surface area contributed by atoms with Crippen LogP contribution < -0.4 is 5.32 Å². The summed E-state index contributed by atoms with van der Waals surface area (Å²) in [5.41, 5.74) is 0.447. The lowest BCUT2D eigenvalue weighted by atomic mass is 10.2. The van der Waals surface area contributed by atoms with Crippen molar-refractivity contribution in [2.45, 2.75) is 13.5 Å². The molecule has 0 aliphatic heterocycles. The number of thiazole rings is 1. The predicted molar refractivity (Wildman–Crippen MR) is 77.2 cm³/mol. The van der Waals surface area contributed by atoms with Crippen LogP contribution in [0.15, 0.2) is 24.3 Å². The maximum atomic E-state index is 13.5. The number of methoxy groups -OCH3 is 1. The van der Waals surface area contributed by atoms with Gasteiger partial charge in [-0.2, -0.15) is 0 Å². The van der Waals surface area contributed by atoms with Crippen molar-refractivity contribution in [1.29, 1.82) is 0 Å². The summed E-state index contributed by atoms with van der Waals surface area (Å²) >= 11 is 1.04. The average Bonchev–Trinajstić information content (AvgIpc) is 2.90. The Morgan fingerprint density at radius 1 is 1.38 bits per heavy atom. The van der Waals surface area contributed by atoms with E-state index in [0.717, 1.165) is 11.3 Å². The van der Waals surface area contributed by atoms with Crippen LogP contribution >= 0.6 is 11.3 Å². The van der Waals surface area contributed by atoms with E-state index < -0.39 is 5.97 Å². The Morgan fingerprint density at radius 2 is 2.10 bits per heavy atom. The van der Waals surface area contributed by atoms with Gasteiger partial charge in [-0.15, -0.1) is 0 Å². The van der Waals surface area contributed by atoms with Gasteiger partial charge in [-0.25, -0.2) is 14.2 Å². The number of hydrogen-bond acceptors (Lipinski definition) is 6. The number of carbonyl (C=O) groups is 2. The molecule has 0 aliphatic carbocycles. The second kappa shape index (κ2) is 6.45. The summed E-state index contributed by atoms with van der Waals surface area (Å²) in [7, 11) is 1.22. The number of rotatable bonds is 5. The van der Waals surface area contributed by atoms with E-state index in [1.807, 2.05) is 0 Å². The lowest BCUT2D eigenvalue weighted by Gasteiger charge is -2.03. The number of Topliss-reactive ketones (excluding diaryl/α,β-unsaturated/α-hetero) is 1. The zero-order valence-corrected chi connectivity index (χ0v) is 12.3. The molecule has 1 heterocycles. The van der Waals surface area contributed by atoms with Gasteiger partial charge in [-0.3, -0.25) is 4.79 Å². The van der Waals surface area contributed by atoms with Crippen molar-refractivity contribution in [3.05, 3.63) is 46.2 Å². The zero-order chi connectivity index (χ0) is 15.4. The smallest absolute Gasteiger partial charge is 0.358 e. The topological polar surface area (TPSA) is 68.3 Å². The second-order valence-corrected chi connectivity index (χ2v) is 5.19. The minimum atomic E-state index is -0.671. The number of halogens is 1. The molecule has 2 rings (SSSR count). The molecule has 5 nitrogen and oxygen atoms in total. The molecule has 0 saturated carbocycles. The van der Waals surface area contributed by atoms with Crippen molar-refractivity contribution in [3.8, 4) is 0 Å². The monoisotopic (exact) mass is 308 g/mol. The molecule has 0 unspecified atom stereocenters. The summed E-state index contributed by atoms with van der Waals surface area (Å²) in [4.78, 5) is 27.3. The van der Waals surface area contributed by atoms with E-state index in [1.165, 1.54) is 20.1 Å². The molecule has 0 radical (unpaired) electrons. The van der Waals surface area contributed by atoms with E-state index in [1.54, 1.807) is 18.2 Å². The maximum Gasteiger partial charge on any atom is 0.358 e. The quantitative estimate of drug-likeness (QED) is 0.679. The molecular formula is C14H13FN2O3S. The van der Waals surface area contributed by atoms with E-state index in [9.17, 15) is 14.0 Å². The molecular weight excluding hydrogens is 295 g/mol. The largest absolute Gasteiger partial charge is 0.464 e. The van der Waals surface area contributed by atoms with Crippen LogP contribution in [-0.4, -0.2) is 23.8 Å². The molecule has 0 spiro atoms. The molecule has 1 N–H and O–H groups in total. The highest BCUT2D eigenvalue weighted by molar-refractivity contribution is 7.17. The SMILES string of the molecule is COC(=O)c1nc(NCc2ccccc2F)sc1C(C)=O. The molecule has 1 aromatic carbocycles. The van der Waals surface area contributed by atoms with Crippen molar-refractivity contribution in [3.63, 3.8) is 0 Å². The van der Waals surface area contributed by atoms with E-state index >= 15 is 0 Å². The van der Waals surface area contributed by atoms with Gasteiger partial charge in [0.25, 0.3) is 0 Å². The van der Waals surface area contributed by atoms with Crippen molar-refractivity contribution in [2.24, 2.45) is 0 Å². The maximum absolute atomic E-state index is 13.5. The van der Waals surface area contributed by atoms with Crippen LogP contribution in [0, 0.1) is 5.82 Å². The van der Waals surface area contributed by atoms with Crippen molar-refractivity contribution >= 4 is 28.2 Å². The Bertz CT molecular complexity index is 685. The van der Waals surface area contributed by atoms with Gasteiger partial charge in [0.1, 0.15) is 10.7 Å². The highest BCUT2D eigenvalue weighted by Crippen LogP contribution is 2.25. The Labute approximate surface area is 124 Å². The fraction of sp³-hybridized carbons (Fsp3) is 0.214. The average molecular weight is 308 g/mol. The first-order valence-corrected chi connectivity index (χ1v) is 6.92. The second-order valence-electron chi connectivity index (χ2n) is 4.19. The van der Waals surface area contributed by atoms with Gasteiger partial charge in [-0.1, -0.05) is 29.5 Å². The van der Waals surface area contributed by atoms with Gasteiger partial charge in [0.05, 0.1) is 7.11 Å². The molecule has 21 heavy (non-hydrogen) atoms. The van der Waals surface area contributed by atoms with Crippen LogP contribution in [0.5, 0.6) is 0 Å². The van der Waals surface area contributed by atoms with Crippen LogP contribution in [0.1, 0.15) is 32.6 Å². The number of esters is 1. The Kier molecular flexibility index (Phi) is 4.64. The third-order valence-corrected chi connectivity index (χ3v) is 3.83. The minimum Gasteiger partial charge on any atom is -0.464 e. The zero-order valence-electron chi connectivity index (χ0n) is 11.5. The Hall–Kier alpha value is -2.28. The first-order valence-electron chi connectivity index (χ1n) is 6.10. The van der Waals surface area contributed by atoms with E-state index in [0.29, 0.717) is 10.7 Å². The van der Waals surface area contributed by atoms with Crippen molar-refractivity contribution in [2.75, 3.05) is 12.4 Å². The molecule has 0 amide bonds. The molecule has 1 aromatic heterocycles. The summed E-state index contributed by atoms with van der Waals surface area (Å²) in [6, 6.07) is 6.33. The van der Waals surface area contributed by atoms with E-state index in [4.69, 9.17) is 0 Å². The number of benzene rings is 1. The van der Waals surface area contributed by atoms with Crippen LogP contribution in [-0.2, 0) is 11.3 Å². The third-order valence-electron chi connectivity index (χ3n) is 2.71. The van der Waals surface area contributed by atoms with Gasteiger partial charge >= 0.3 is 5.97 Å². The fourth-order valence-corrected chi connectivity index (χ4v) is 2.53. The summed E-state index contributed by atoms with van der Waals surface area (Å²) in [6.07, 6.45) is 0. The molecule has 0 bridgehead atoms. The number of aromatic nitrogens is 1. The van der Waals surface area contributed by atoms with Gasteiger partial charge in [0.2, 0.25) is 0 Å². The Balaban J connectivity index is 2.20. The normalized spacial score (nSPS) is 10.2. The molecule has 0 fully saturated rings. The molecule has 110 valence electrons. The van der Waals surface area contributed by atoms with Crippen molar-refractivity contribution in [1.82, 2.24) is 4.98 Å². The van der Waals surface area contributed by atoms with Crippen LogP contribution in [0.2, 0.25) is 0 Å². The molecule has 0 saturated heterocycles. The van der Waals surface area contributed by atoms with Gasteiger partial charge in [-0.05, 0) is 6.07 Å². The Morgan fingerprint density at radius 3 is 2.71 bits per heavy atom. The molecule has 7 heteroatoms. The third kappa shape index (κ3) is 3.43. The van der Waals surface area contributed by atoms with Gasteiger partial charge in [0, 0.05) is 19.0 Å². The van der Waals surface area contributed by atoms with Crippen LogP contribution in [0.3, 0.4) is 0 Å². The van der Waals surface area contributed by atoms with Gasteiger partial charge in [0.15, 0.2) is 16.6 Å². The molecule has 0 atom stereocenters. The van der Waals surface area contributed by atoms with Crippen LogP contribution in [0.4, 0.5) is 9.52 Å². The van der Waals surface area contributed by atoms with Crippen molar-refractivity contribution < 1.29 is 18.7 Å². The summed E-state index contributed by atoms with van der Waals surface area (Å²) in [5.74, 6) is -1.27. The lowest BCUT2D eigenvalue weighted by molar-refractivity contribution is 0.0591. The van der Waals surface area contributed by atoms with E-state index in [-0.39, 0.29) is 28.7 Å². The highest BCUT2D eigenvalue weighted by atomic mass is 32.1. The number of ether oxygens (including phenoxy) is 1. The number of anilines is 1. The fourth-order valence-electron chi connectivity index (χ4n) is 1.68. The number of nitrogens with one attached hydrogen (secondary N) is 1.